The fourth-order valence-corrected chi connectivity index (χ4v) is 2.99. The van der Waals surface area contributed by atoms with Crippen LogP contribution >= 0.6 is 34.4 Å². The van der Waals surface area contributed by atoms with E-state index in [0.29, 0.717) is 4.91 Å². The van der Waals surface area contributed by atoms with Crippen LogP contribution in [0.25, 0.3) is 17.1 Å². The summed E-state index contributed by atoms with van der Waals surface area (Å²) in [6.07, 6.45) is 1.87. The van der Waals surface area contributed by atoms with Crippen molar-refractivity contribution in [2.75, 3.05) is 0 Å². The molecule has 0 spiro atoms. The van der Waals surface area contributed by atoms with Gasteiger partial charge in [-0.15, -0.1) is 0 Å². The van der Waals surface area contributed by atoms with Crippen LogP contribution in [0.15, 0.2) is 58.6 Å². The van der Waals surface area contributed by atoms with E-state index >= 15 is 0 Å². The second-order valence-electron chi connectivity index (χ2n) is 4.33. The van der Waals surface area contributed by atoms with Crippen molar-refractivity contribution in [1.82, 2.24) is 9.97 Å². The molecule has 1 heterocycles. The first-order valence-electron chi connectivity index (χ1n) is 6.24. The van der Waals surface area contributed by atoms with Gasteiger partial charge in [0.2, 0.25) is 0 Å². The van der Waals surface area contributed by atoms with E-state index in [9.17, 15) is 5.26 Å². The summed E-state index contributed by atoms with van der Waals surface area (Å²) in [6, 6.07) is 18.1. The molecule has 102 valence electrons. The molecule has 0 fully saturated rings. The average Bonchev–Trinajstić information content (AvgIpc) is 2.91. The molecule has 0 aliphatic rings. The molecule has 0 radical (unpaired) electrons. The minimum atomic E-state index is 0.607. The first-order chi connectivity index (χ1) is 10.2. The van der Waals surface area contributed by atoms with E-state index < -0.39 is 0 Å². The lowest BCUT2D eigenvalue weighted by molar-refractivity contribution is 1.09. The number of rotatable bonds is 3. The van der Waals surface area contributed by atoms with E-state index in [-0.39, 0.29) is 0 Å². The van der Waals surface area contributed by atoms with Gasteiger partial charge >= 0.3 is 0 Å². The number of hydrogen-bond donors (Lipinski definition) is 1. The number of nitrogens with zero attached hydrogens (tertiary/aromatic N) is 2. The third-order valence-electron chi connectivity index (χ3n) is 2.85. The van der Waals surface area contributed by atoms with Gasteiger partial charge in [0, 0.05) is 3.57 Å². The smallest absolute Gasteiger partial charge is 0.171 e. The number of hydrogen-bond acceptors (Lipinski definition) is 3. The van der Waals surface area contributed by atoms with Crippen molar-refractivity contribution in [3.63, 3.8) is 0 Å². The Hall–Kier alpha value is -1.78. The number of para-hydroxylation sites is 2. The number of halogens is 1. The minimum Gasteiger partial charge on any atom is -0.333 e. The van der Waals surface area contributed by atoms with Crippen LogP contribution in [0.1, 0.15) is 5.56 Å². The third-order valence-corrected chi connectivity index (χ3v) is 4.39. The van der Waals surface area contributed by atoms with Crippen molar-refractivity contribution in [2.24, 2.45) is 0 Å². The van der Waals surface area contributed by atoms with Gasteiger partial charge in [-0.25, -0.2) is 4.98 Å². The molecule has 0 bridgehead atoms. The quantitative estimate of drug-likeness (QED) is 0.388. The van der Waals surface area contributed by atoms with E-state index in [1.807, 2.05) is 54.6 Å². The van der Waals surface area contributed by atoms with Crippen LogP contribution in [0.3, 0.4) is 0 Å². The Morgan fingerprint density at radius 3 is 2.67 bits per heavy atom. The molecule has 0 saturated heterocycles. The van der Waals surface area contributed by atoms with Gasteiger partial charge in [0.1, 0.15) is 6.07 Å². The highest BCUT2D eigenvalue weighted by Gasteiger charge is 2.06. The SMILES string of the molecule is N#C/C(=C\c1ccc(I)cc1)Sc1nc2ccccc2[nH]1. The molecular weight excluding hydrogens is 393 g/mol. The minimum absolute atomic E-state index is 0.607. The van der Waals surface area contributed by atoms with Crippen LogP contribution < -0.4 is 0 Å². The molecule has 0 saturated carbocycles. The molecule has 1 N–H and O–H groups in total. The molecule has 2 aromatic carbocycles. The standard InChI is InChI=1S/C16H10IN3S/c17-12-7-5-11(6-8-12)9-13(10-18)21-16-19-14-3-1-2-4-15(14)20-16/h1-9H,(H,19,20)/b13-9+. The number of nitriles is 1. The molecule has 21 heavy (non-hydrogen) atoms. The lowest BCUT2D eigenvalue weighted by Gasteiger charge is -1.97. The Morgan fingerprint density at radius 1 is 1.19 bits per heavy atom. The van der Waals surface area contributed by atoms with Gasteiger partial charge in [0.15, 0.2) is 5.16 Å². The van der Waals surface area contributed by atoms with E-state index in [2.05, 4.69) is 38.6 Å². The zero-order valence-electron chi connectivity index (χ0n) is 10.9. The average molecular weight is 403 g/mol. The van der Waals surface area contributed by atoms with Crippen molar-refractivity contribution >= 4 is 51.5 Å². The lowest BCUT2D eigenvalue weighted by atomic mass is 10.2. The van der Waals surface area contributed by atoms with Crippen molar-refractivity contribution in [3.8, 4) is 6.07 Å². The molecule has 0 unspecified atom stereocenters. The summed E-state index contributed by atoms with van der Waals surface area (Å²) in [7, 11) is 0. The monoisotopic (exact) mass is 403 g/mol. The van der Waals surface area contributed by atoms with Crippen molar-refractivity contribution in [2.45, 2.75) is 5.16 Å². The first kappa shape index (κ1) is 14.2. The number of aromatic nitrogens is 2. The van der Waals surface area contributed by atoms with Crippen LogP contribution in [-0.4, -0.2) is 9.97 Å². The summed E-state index contributed by atoms with van der Waals surface area (Å²) in [5.41, 5.74) is 2.90. The van der Waals surface area contributed by atoms with E-state index in [0.717, 1.165) is 21.8 Å². The van der Waals surface area contributed by atoms with Gasteiger partial charge in [-0.3, -0.25) is 0 Å². The molecule has 3 nitrogen and oxygen atoms in total. The molecule has 0 atom stereocenters. The maximum Gasteiger partial charge on any atom is 0.171 e. The summed E-state index contributed by atoms with van der Waals surface area (Å²) >= 11 is 3.60. The van der Waals surface area contributed by atoms with Gasteiger partial charge in [0.25, 0.3) is 0 Å². The summed E-state index contributed by atoms with van der Waals surface area (Å²) in [5.74, 6) is 0. The Kier molecular flexibility index (Phi) is 4.27. The summed E-state index contributed by atoms with van der Waals surface area (Å²) in [5, 5.41) is 10.0. The molecule has 3 rings (SSSR count). The summed E-state index contributed by atoms with van der Waals surface area (Å²) in [4.78, 5) is 8.29. The summed E-state index contributed by atoms with van der Waals surface area (Å²) in [6.45, 7) is 0. The fourth-order valence-electron chi connectivity index (χ4n) is 1.88. The zero-order chi connectivity index (χ0) is 14.7. The number of thioether (sulfide) groups is 1. The summed E-state index contributed by atoms with van der Waals surface area (Å²) < 4.78 is 1.17. The van der Waals surface area contributed by atoms with E-state index in [1.54, 1.807) is 0 Å². The zero-order valence-corrected chi connectivity index (χ0v) is 13.9. The number of benzene rings is 2. The fraction of sp³-hybridized carbons (Fsp3) is 0. The Morgan fingerprint density at radius 2 is 1.95 bits per heavy atom. The number of H-pyrrole nitrogens is 1. The molecular formula is C16H10IN3S. The Balaban J connectivity index is 1.87. The number of fused-ring (bicyclic) bond motifs is 1. The normalized spacial score (nSPS) is 11.5. The van der Waals surface area contributed by atoms with Crippen molar-refractivity contribution < 1.29 is 0 Å². The maximum atomic E-state index is 9.30. The molecule has 3 aromatic rings. The Bertz CT molecular complexity index is 811. The highest BCUT2D eigenvalue weighted by molar-refractivity contribution is 14.1. The largest absolute Gasteiger partial charge is 0.333 e. The third kappa shape index (κ3) is 3.46. The van der Waals surface area contributed by atoms with Gasteiger partial charge in [-0.2, -0.15) is 5.26 Å². The number of allylic oxidation sites excluding steroid dienone is 1. The first-order valence-corrected chi connectivity index (χ1v) is 8.14. The van der Waals surface area contributed by atoms with Crippen molar-refractivity contribution in [3.05, 3.63) is 62.6 Å². The second kappa shape index (κ2) is 6.33. The van der Waals surface area contributed by atoms with Crippen molar-refractivity contribution in [1.29, 1.82) is 5.26 Å². The maximum absolute atomic E-state index is 9.30. The molecule has 1 aromatic heterocycles. The highest BCUT2D eigenvalue weighted by atomic mass is 127. The van der Waals surface area contributed by atoms with E-state index in [4.69, 9.17) is 0 Å². The van der Waals surface area contributed by atoms with Crippen LogP contribution in [0.2, 0.25) is 0 Å². The molecule has 0 amide bonds. The number of nitrogens with one attached hydrogen (secondary N) is 1. The number of aromatic amines is 1. The van der Waals surface area contributed by atoms with Crippen LogP contribution in [0.4, 0.5) is 0 Å². The predicted molar refractivity (Wildman–Crippen MR) is 94.7 cm³/mol. The van der Waals surface area contributed by atoms with Crippen LogP contribution in [-0.2, 0) is 0 Å². The second-order valence-corrected chi connectivity index (χ2v) is 6.61. The highest BCUT2D eigenvalue weighted by Crippen LogP contribution is 2.27. The Labute approximate surface area is 140 Å². The van der Waals surface area contributed by atoms with Gasteiger partial charge in [-0.05, 0) is 70.3 Å². The molecule has 5 heteroatoms. The van der Waals surface area contributed by atoms with Gasteiger partial charge < -0.3 is 4.98 Å². The topological polar surface area (TPSA) is 52.5 Å². The van der Waals surface area contributed by atoms with Crippen LogP contribution in [0.5, 0.6) is 0 Å². The van der Waals surface area contributed by atoms with Gasteiger partial charge in [-0.1, -0.05) is 24.3 Å². The molecule has 0 aliphatic carbocycles. The molecule has 0 aliphatic heterocycles. The van der Waals surface area contributed by atoms with Gasteiger partial charge in [0.05, 0.1) is 15.9 Å². The van der Waals surface area contributed by atoms with Crippen LogP contribution in [0, 0.1) is 14.9 Å². The lowest BCUT2D eigenvalue weighted by Crippen LogP contribution is -1.79. The predicted octanol–water partition coefficient (Wildman–Crippen LogP) is 4.82. The number of imidazole rings is 1. The van der Waals surface area contributed by atoms with E-state index in [1.165, 1.54) is 15.3 Å².